The molecule has 0 saturated carbocycles. The van der Waals surface area contributed by atoms with Crippen LogP contribution in [-0.4, -0.2) is 57.2 Å². The number of nitrogens with zero attached hydrogens (tertiary/aromatic N) is 1. The van der Waals surface area contributed by atoms with Crippen LogP contribution in [0.3, 0.4) is 0 Å². The fourth-order valence-corrected chi connectivity index (χ4v) is 2.95. The molecule has 0 aromatic rings. The molecule has 1 saturated heterocycles. The summed E-state index contributed by atoms with van der Waals surface area (Å²) in [7, 11) is -1.97. The second-order valence-electron chi connectivity index (χ2n) is 3.59. The van der Waals surface area contributed by atoms with Crippen molar-refractivity contribution < 1.29 is 27.5 Å². The summed E-state index contributed by atoms with van der Waals surface area (Å²) in [5.74, 6) is -1.23. The summed E-state index contributed by atoms with van der Waals surface area (Å²) in [4.78, 5) is 21.8. The Labute approximate surface area is 105 Å². The van der Waals surface area contributed by atoms with Crippen LogP contribution in [0.4, 0.5) is 0 Å². The van der Waals surface area contributed by atoms with E-state index in [-0.39, 0.29) is 18.9 Å². The lowest BCUT2D eigenvalue weighted by molar-refractivity contribution is -0.139. The minimum Gasteiger partial charge on any atom is -0.466 e. The van der Waals surface area contributed by atoms with E-state index in [1.165, 1.54) is 11.4 Å². The average Bonchev–Trinajstić information content (AvgIpc) is 2.65. The van der Waals surface area contributed by atoms with E-state index >= 15 is 0 Å². The summed E-state index contributed by atoms with van der Waals surface area (Å²) in [5.41, 5.74) is 0. The van der Waals surface area contributed by atoms with Gasteiger partial charge >= 0.3 is 11.9 Å². The molecule has 102 valence electrons. The van der Waals surface area contributed by atoms with Gasteiger partial charge in [-0.2, -0.15) is 4.31 Å². The standard InChI is InChI=1S/C10H15NO6S/c1-16-9(12)3-4-10(13)17-7-6-11-5-2-8-18(11,14)15/h3-4H,2,5-8H2,1H3/b4-3+. The number of sulfonamides is 1. The molecule has 1 heterocycles. The number of carbonyl (C=O) groups excluding carboxylic acids is 2. The minimum atomic E-state index is -3.16. The highest BCUT2D eigenvalue weighted by molar-refractivity contribution is 7.89. The first-order valence-electron chi connectivity index (χ1n) is 5.36. The predicted molar refractivity (Wildman–Crippen MR) is 62.1 cm³/mol. The van der Waals surface area contributed by atoms with Crippen molar-refractivity contribution in [2.45, 2.75) is 6.42 Å². The molecule has 0 N–H and O–H groups in total. The molecule has 0 aromatic heterocycles. The van der Waals surface area contributed by atoms with E-state index in [4.69, 9.17) is 4.74 Å². The van der Waals surface area contributed by atoms with Gasteiger partial charge in [0, 0.05) is 25.2 Å². The fraction of sp³-hybridized carbons (Fsp3) is 0.600. The molecule has 18 heavy (non-hydrogen) atoms. The van der Waals surface area contributed by atoms with E-state index in [1.54, 1.807) is 0 Å². The van der Waals surface area contributed by atoms with E-state index in [1.807, 2.05) is 0 Å². The molecule has 1 aliphatic heterocycles. The van der Waals surface area contributed by atoms with Crippen LogP contribution in [0.2, 0.25) is 0 Å². The van der Waals surface area contributed by atoms with Crippen molar-refractivity contribution in [3.63, 3.8) is 0 Å². The van der Waals surface area contributed by atoms with Gasteiger partial charge in [0.1, 0.15) is 6.61 Å². The van der Waals surface area contributed by atoms with Gasteiger partial charge in [0.15, 0.2) is 0 Å². The average molecular weight is 277 g/mol. The predicted octanol–water partition coefficient (Wildman–Crippen LogP) is -0.706. The van der Waals surface area contributed by atoms with Gasteiger partial charge in [0.2, 0.25) is 10.0 Å². The molecule has 1 aliphatic rings. The molecule has 1 fully saturated rings. The van der Waals surface area contributed by atoms with Gasteiger partial charge < -0.3 is 9.47 Å². The van der Waals surface area contributed by atoms with Gasteiger partial charge in [0.05, 0.1) is 12.9 Å². The van der Waals surface area contributed by atoms with Gasteiger partial charge in [-0.3, -0.25) is 0 Å². The highest BCUT2D eigenvalue weighted by Crippen LogP contribution is 2.12. The highest BCUT2D eigenvalue weighted by Gasteiger charge is 2.27. The smallest absolute Gasteiger partial charge is 0.331 e. The Morgan fingerprint density at radius 2 is 1.94 bits per heavy atom. The Bertz CT molecular complexity index is 441. The molecule has 0 bridgehead atoms. The van der Waals surface area contributed by atoms with Crippen LogP contribution in [0.15, 0.2) is 12.2 Å². The van der Waals surface area contributed by atoms with E-state index in [0.717, 1.165) is 12.2 Å². The Kier molecular flexibility index (Phi) is 5.29. The van der Waals surface area contributed by atoms with Gasteiger partial charge in [-0.15, -0.1) is 0 Å². The number of hydrogen-bond donors (Lipinski definition) is 0. The molecule has 0 aromatic carbocycles. The van der Waals surface area contributed by atoms with E-state index in [2.05, 4.69) is 4.74 Å². The molecule has 8 heteroatoms. The molecular weight excluding hydrogens is 262 g/mol. The van der Waals surface area contributed by atoms with Gasteiger partial charge in [-0.1, -0.05) is 0 Å². The number of methoxy groups -OCH3 is 1. The molecule has 1 rings (SSSR count). The number of carbonyl (C=O) groups is 2. The number of hydrogen-bond acceptors (Lipinski definition) is 6. The molecule has 0 unspecified atom stereocenters. The number of rotatable bonds is 5. The summed E-state index contributed by atoms with van der Waals surface area (Å²) in [6.07, 6.45) is 2.47. The molecule has 0 atom stereocenters. The third-order valence-corrected chi connectivity index (χ3v) is 4.30. The molecule has 0 amide bonds. The van der Waals surface area contributed by atoms with Crippen LogP contribution >= 0.6 is 0 Å². The van der Waals surface area contributed by atoms with Crippen LogP contribution in [0, 0.1) is 0 Å². The zero-order valence-electron chi connectivity index (χ0n) is 10.00. The van der Waals surface area contributed by atoms with Crippen molar-refractivity contribution in [3.8, 4) is 0 Å². The van der Waals surface area contributed by atoms with Crippen molar-refractivity contribution in [1.82, 2.24) is 4.31 Å². The summed E-state index contributed by atoms with van der Waals surface area (Å²) in [5, 5.41) is 0. The maximum absolute atomic E-state index is 11.4. The van der Waals surface area contributed by atoms with Gasteiger partial charge in [-0.25, -0.2) is 18.0 Å². The van der Waals surface area contributed by atoms with Crippen molar-refractivity contribution in [2.24, 2.45) is 0 Å². The van der Waals surface area contributed by atoms with E-state index in [9.17, 15) is 18.0 Å². The normalized spacial score (nSPS) is 18.9. The molecule has 0 spiro atoms. The van der Waals surface area contributed by atoms with Crippen molar-refractivity contribution in [2.75, 3.05) is 32.6 Å². The zero-order valence-corrected chi connectivity index (χ0v) is 10.8. The first-order valence-corrected chi connectivity index (χ1v) is 6.97. The zero-order chi connectivity index (χ0) is 13.6. The summed E-state index contributed by atoms with van der Waals surface area (Å²) >= 11 is 0. The second-order valence-corrected chi connectivity index (χ2v) is 5.68. The Hall–Kier alpha value is -1.41. The Morgan fingerprint density at radius 1 is 1.28 bits per heavy atom. The first-order chi connectivity index (χ1) is 8.45. The van der Waals surface area contributed by atoms with Crippen molar-refractivity contribution >= 4 is 22.0 Å². The van der Waals surface area contributed by atoms with Crippen molar-refractivity contribution in [1.29, 1.82) is 0 Å². The lowest BCUT2D eigenvalue weighted by Gasteiger charge is -2.13. The van der Waals surface area contributed by atoms with Crippen LogP contribution in [-0.2, 0) is 29.1 Å². The van der Waals surface area contributed by atoms with E-state index in [0.29, 0.717) is 13.0 Å². The van der Waals surface area contributed by atoms with E-state index < -0.39 is 22.0 Å². The summed E-state index contributed by atoms with van der Waals surface area (Å²) in [6.45, 7) is 0.557. The minimum absolute atomic E-state index is 0.0381. The first kappa shape index (κ1) is 14.7. The number of ether oxygens (including phenoxy) is 2. The van der Waals surface area contributed by atoms with Gasteiger partial charge in [0.25, 0.3) is 0 Å². The molecule has 0 aliphatic carbocycles. The van der Waals surface area contributed by atoms with Crippen LogP contribution in [0.25, 0.3) is 0 Å². The highest BCUT2D eigenvalue weighted by atomic mass is 32.2. The molecular formula is C10H15NO6S. The maximum Gasteiger partial charge on any atom is 0.331 e. The number of esters is 2. The third-order valence-electron chi connectivity index (χ3n) is 2.34. The topological polar surface area (TPSA) is 90.0 Å². The molecule has 0 radical (unpaired) electrons. The van der Waals surface area contributed by atoms with Gasteiger partial charge in [-0.05, 0) is 6.42 Å². The van der Waals surface area contributed by atoms with Crippen LogP contribution < -0.4 is 0 Å². The van der Waals surface area contributed by atoms with Crippen LogP contribution in [0.5, 0.6) is 0 Å². The maximum atomic E-state index is 11.4. The monoisotopic (exact) mass is 277 g/mol. The third kappa shape index (κ3) is 4.46. The second kappa shape index (κ2) is 6.50. The SMILES string of the molecule is COC(=O)/C=C/C(=O)OCCN1CCCS1(=O)=O. The summed E-state index contributed by atoms with van der Waals surface area (Å²) < 4.78 is 33.1. The van der Waals surface area contributed by atoms with Crippen LogP contribution in [0.1, 0.15) is 6.42 Å². The quantitative estimate of drug-likeness (QED) is 0.487. The lowest BCUT2D eigenvalue weighted by atomic mass is 10.5. The summed E-state index contributed by atoms with van der Waals surface area (Å²) in [6, 6.07) is 0. The lowest BCUT2D eigenvalue weighted by Crippen LogP contribution is -2.29. The van der Waals surface area contributed by atoms with Crippen molar-refractivity contribution in [3.05, 3.63) is 12.2 Å². The Morgan fingerprint density at radius 3 is 2.50 bits per heavy atom. The largest absolute Gasteiger partial charge is 0.466 e. The fourth-order valence-electron chi connectivity index (χ4n) is 1.44. The Balaban J connectivity index is 2.28. The molecule has 7 nitrogen and oxygen atoms in total.